The van der Waals surface area contributed by atoms with Crippen molar-refractivity contribution >= 4 is 6.29 Å². The fraction of sp³-hybridized carbons (Fsp3) is 0.667. The van der Waals surface area contributed by atoms with Crippen LogP contribution in [0.4, 0.5) is 0 Å². The van der Waals surface area contributed by atoms with E-state index in [-0.39, 0.29) is 5.92 Å². The quantitative estimate of drug-likeness (QED) is 0.423. The van der Waals surface area contributed by atoms with Gasteiger partial charge in [-0.05, 0) is 12.8 Å². The van der Waals surface area contributed by atoms with Crippen LogP contribution in [0.2, 0.25) is 0 Å². The number of hydrogen-bond donors (Lipinski definition) is 0. The Labute approximate surface area is 63.1 Å². The van der Waals surface area contributed by atoms with E-state index in [2.05, 4.69) is 13.5 Å². The van der Waals surface area contributed by atoms with Gasteiger partial charge in [-0.25, -0.2) is 0 Å². The zero-order chi connectivity index (χ0) is 7.98. The number of hydrogen-bond acceptors (Lipinski definition) is 1. The van der Waals surface area contributed by atoms with E-state index >= 15 is 0 Å². The van der Waals surface area contributed by atoms with E-state index in [9.17, 15) is 4.79 Å². The molecule has 0 bridgehead atoms. The minimum absolute atomic E-state index is 0.0972. The molecule has 1 unspecified atom stereocenters. The van der Waals surface area contributed by atoms with Gasteiger partial charge < -0.3 is 4.79 Å². The highest BCUT2D eigenvalue weighted by molar-refractivity contribution is 5.58. The lowest BCUT2D eigenvalue weighted by atomic mass is 9.96. The van der Waals surface area contributed by atoms with Crippen LogP contribution in [0.25, 0.3) is 0 Å². The van der Waals surface area contributed by atoms with E-state index in [0.29, 0.717) is 0 Å². The van der Waals surface area contributed by atoms with Gasteiger partial charge in [0.05, 0.1) is 0 Å². The molecule has 0 fully saturated rings. The van der Waals surface area contributed by atoms with E-state index in [4.69, 9.17) is 0 Å². The van der Waals surface area contributed by atoms with Crippen molar-refractivity contribution in [2.24, 2.45) is 5.92 Å². The van der Waals surface area contributed by atoms with E-state index in [1.165, 1.54) is 0 Å². The molecule has 0 spiro atoms. The molecule has 0 aliphatic heterocycles. The van der Waals surface area contributed by atoms with Crippen LogP contribution in [0.3, 0.4) is 0 Å². The van der Waals surface area contributed by atoms with Crippen LogP contribution in [-0.4, -0.2) is 6.29 Å². The molecule has 0 amide bonds. The SMILES string of the molecule is C=C(CCC)C(C=O)CC. The molecule has 0 N–H and O–H groups in total. The van der Waals surface area contributed by atoms with Gasteiger partial charge in [-0.3, -0.25) is 0 Å². The Morgan fingerprint density at radius 2 is 2.20 bits per heavy atom. The Hall–Kier alpha value is -0.590. The van der Waals surface area contributed by atoms with E-state index in [0.717, 1.165) is 31.1 Å². The molecule has 0 radical (unpaired) electrons. The molecule has 1 nitrogen and oxygen atoms in total. The summed E-state index contributed by atoms with van der Waals surface area (Å²) in [5.41, 5.74) is 1.08. The molecule has 0 aliphatic carbocycles. The third-order valence-electron chi connectivity index (χ3n) is 1.70. The smallest absolute Gasteiger partial charge is 0.127 e. The van der Waals surface area contributed by atoms with E-state index in [1.807, 2.05) is 6.92 Å². The lowest BCUT2D eigenvalue weighted by molar-refractivity contribution is -0.110. The number of rotatable bonds is 5. The Morgan fingerprint density at radius 3 is 2.50 bits per heavy atom. The molecule has 0 saturated carbocycles. The number of aldehydes is 1. The predicted octanol–water partition coefficient (Wildman–Crippen LogP) is 2.57. The average Bonchev–Trinajstić information content (AvgIpc) is 1.91. The largest absolute Gasteiger partial charge is 0.303 e. The van der Waals surface area contributed by atoms with Crippen LogP contribution in [0.5, 0.6) is 0 Å². The highest BCUT2D eigenvalue weighted by Gasteiger charge is 2.06. The molecule has 0 rings (SSSR count). The van der Waals surface area contributed by atoms with Gasteiger partial charge in [0.1, 0.15) is 6.29 Å². The van der Waals surface area contributed by atoms with Crippen molar-refractivity contribution in [3.8, 4) is 0 Å². The monoisotopic (exact) mass is 140 g/mol. The average molecular weight is 140 g/mol. The van der Waals surface area contributed by atoms with Crippen molar-refractivity contribution < 1.29 is 4.79 Å². The summed E-state index contributed by atoms with van der Waals surface area (Å²) in [7, 11) is 0. The maximum absolute atomic E-state index is 10.4. The second-order valence-electron chi connectivity index (χ2n) is 2.56. The Kier molecular flexibility index (Phi) is 4.91. The summed E-state index contributed by atoms with van der Waals surface area (Å²) in [6, 6.07) is 0. The molecule has 58 valence electrons. The zero-order valence-electron chi connectivity index (χ0n) is 6.89. The van der Waals surface area contributed by atoms with Gasteiger partial charge in [0.15, 0.2) is 0 Å². The van der Waals surface area contributed by atoms with Crippen LogP contribution in [0.1, 0.15) is 33.1 Å². The lowest BCUT2D eigenvalue weighted by Crippen LogP contribution is -2.02. The summed E-state index contributed by atoms with van der Waals surface area (Å²) in [6.07, 6.45) is 3.96. The minimum atomic E-state index is 0.0972. The maximum Gasteiger partial charge on any atom is 0.127 e. The highest BCUT2D eigenvalue weighted by Crippen LogP contribution is 2.15. The third kappa shape index (κ3) is 2.81. The molecule has 0 saturated heterocycles. The first-order chi connectivity index (χ1) is 4.76. The van der Waals surface area contributed by atoms with Gasteiger partial charge in [-0.15, -0.1) is 0 Å². The van der Waals surface area contributed by atoms with Crippen molar-refractivity contribution in [3.63, 3.8) is 0 Å². The van der Waals surface area contributed by atoms with Crippen molar-refractivity contribution in [1.82, 2.24) is 0 Å². The summed E-state index contributed by atoms with van der Waals surface area (Å²) in [5, 5.41) is 0. The molecule has 0 heterocycles. The van der Waals surface area contributed by atoms with E-state index < -0.39 is 0 Å². The molecule has 0 aromatic carbocycles. The summed E-state index contributed by atoms with van der Waals surface area (Å²) in [4.78, 5) is 10.4. The van der Waals surface area contributed by atoms with Crippen molar-refractivity contribution in [1.29, 1.82) is 0 Å². The van der Waals surface area contributed by atoms with Gasteiger partial charge in [0, 0.05) is 5.92 Å². The van der Waals surface area contributed by atoms with Crippen LogP contribution >= 0.6 is 0 Å². The van der Waals surface area contributed by atoms with Crippen LogP contribution in [0.15, 0.2) is 12.2 Å². The maximum atomic E-state index is 10.4. The standard InChI is InChI=1S/C9H16O/c1-4-6-8(3)9(5-2)7-10/h7,9H,3-6H2,1-2H3. The first-order valence-corrected chi connectivity index (χ1v) is 3.89. The Morgan fingerprint density at radius 1 is 1.60 bits per heavy atom. The first kappa shape index (κ1) is 9.41. The topological polar surface area (TPSA) is 17.1 Å². The molecule has 0 aromatic heterocycles. The Bertz CT molecular complexity index is 116. The zero-order valence-corrected chi connectivity index (χ0v) is 6.89. The molecule has 1 heteroatoms. The molecular formula is C9H16O. The van der Waals surface area contributed by atoms with E-state index in [1.54, 1.807) is 0 Å². The van der Waals surface area contributed by atoms with Gasteiger partial charge in [0.25, 0.3) is 0 Å². The number of carbonyl (C=O) groups is 1. The second kappa shape index (κ2) is 5.21. The fourth-order valence-corrected chi connectivity index (χ4v) is 0.988. The molecule has 0 aromatic rings. The van der Waals surface area contributed by atoms with Crippen molar-refractivity contribution in [2.45, 2.75) is 33.1 Å². The van der Waals surface area contributed by atoms with Crippen molar-refractivity contribution in [2.75, 3.05) is 0 Å². The third-order valence-corrected chi connectivity index (χ3v) is 1.70. The summed E-state index contributed by atoms with van der Waals surface area (Å²) in [6.45, 7) is 7.97. The molecule has 0 aliphatic rings. The lowest BCUT2D eigenvalue weighted by Gasteiger charge is -2.08. The summed E-state index contributed by atoms with van der Waals surface area (Å²) in [5.74, 6) is 0.0972. The highest BCUT2D eigenvalue weighted by atomic mass is 16.1. The van der Waals surface area contributed by atoms with Gasteiger partial charge in [-0.1, -0.05) is 32.4 Å². The van der Waals surface area contributed by atoms with Gasteiger partial charge in [0.2, 0.25) is 0 Å². The number of allylic oxidation sites excluding steroid dienone is 1. The van der Waals surface area contributed by atoms with Crippen molar-refractivity contribution in [3.05, 3.63) is 12.2 Å². The fourth-order valence-electron chi connectivity index (χ4n) is 0.988. The summed E-state index contributed by atoms with van der Waals surface area (Å²) < 4.78 is 0. The van der Waals surface area contributed by atoms with Gasteiger partial charge in [-0.2, -0.15) is 0 Å². The number of carbonyl (C=O) groups excluding carboxylic acids is 1. The normalized spacial score (nSPS) is 12.6. The first-order valence-electron chi connectivity index (χ1n) is 3.89. The Balaban J connectivity index is 3.76. The minimum Gasteiger partial charge on any atom is -0.303 e. The molecule has 10 heavy (non-hydrogen) atoms. The predicted molar refractivity (Wildman–Crippen MR) is 43.9 cm³/mol. The van der Waals surface area contributed by atoms with Crippen LogP contribution in [0, 0.1) is 5.92 Å². The molecule has 1 atom stereocenters. The van der Waals surface area contributed by atoms with Gasteiger partial charge >= 0.3 is 0 Å². The molecular weight excluding hydrogens is 124 g/mol. The second-order valence-corrected chi connectivity index (χ2v) is 2.56. The van der Waals surface area contributed by atoms with Crippen LogP contribution < -0.4 is 0 Å². The summed E-state index contributed by atoms with van der Waals surface area (Å²) >= 11 is 0. The van der Waals surface area contributed by atoms with Crippen LogP contribution in [-0.2, 0) is 4.79 Å².